The Balaban J connectivity index is 2.16. The molecule has 0 radical (unpaired) electrons. The molecule has 1 aliphatic heterocycles. The third-order valence-electron chi connectivity index (χ3n) is 6.20. The predicted octanol–water partition coefficient (Wildman–Crippen LogP) is 2.17. The third kappa shape index (κ3) is 2.70. The molecular formula is C16H33N3. The Hall–Kier alpha value is -0.120. The summed E-state index contributed by atoms with van der Waals surface area (Å²) >= 11 is 0. The van der Waals surface area contributed by atoms with Crippen LogP contribution >= 0.6 is 0 Å². The summed E-state index contributed by atoms with van der Waals surface area (Å²) in [5, 5.41) is 0. The highest BCUT2D eigenvalue weighted by atomic mass is 15.3. The Morgan fingerprint density at radius 2 is 2.00 bits per heavy atom. The predicted molar refractivity (Wildman–Crippen MR) is 82.2 cm³/mol. The van der Waals surface area contributed by atoms with Crippen LogP contribution in [0, 0.1) is 11.8 Å². The summed E-state index contributed by atoms with van der Waals surface area (Å²) < 4.78 is 0. The van der Waals surface area contributed by atoms with Crippen LogP contribution in [0.1, 0.15) is 46.5 Å². The molecule has 4 unspecified atom stereocenters. The van der Waals surface area contributed by atoms with Gasteiger partial charge < -0.3 is 10.6 Å². The van der Waals surface area contributed by atoms with Crippen molar-refractivity contribution in [2.45, 2.75) is 58.0 Å². The fourth-order valence-corrected chi connectivity index (χ4v) is 4.39. The molecule has 0 bridgehead atoms. The van der Waals surface area contributed by atoms with Crippen molar-refractivity contribution in [3.63, 3.8) is 0 Å². The van der Waals surface area contributed by atoms with Gasteiger partial charge in [-0.15, -0.1) is 0 Å². The van der Waals surface area contributed by atoms with Crippen molar-refractivity contribution in [2.75, 3.05) is 33.2 Å². The normalized spacial score (nSPS) is 42.5. The summed E-state index contributed by atoms with van der Waals surface area (Å²) in [5.41, 5.74) is 6.56. The first-order chi connectivity index (χ1) is 9.05. The van der Waals surface area contributed by atoms with Gasteiger partial charge in [-0.2, -0.15) is 0 Å². The van der Waals surface area contributed by atoms with Gasteiger partial charge in [0.25, 0.3) is 0 Å². The lowest BCUT2D eigenvalue weighted by atomic mass is 9.67. The first-order valence-electron chi connectivity index (χ1n) is 8.20. The fourth-order valence-electron chi connectivity index (χ4n) is 4.39. The van der Waals surface area contributed by atoms with Gasteiger partial charge in [-0.1, -0.05) is 33.6 Å². The molecule has 2 fully saturated rings. The third-order valence-corrected chi connectivity index (χ3v) is 6.20. The van der Waals surface area contributed by atoms with Gasteiger partial charge in [0.15, 0.2) is 0 Å². The lowest BCUT2D eigenvalue weighted by molar-refractivity contribution is -0.0505. The van der Waals surface area contributed by atoms with Gasteiger partial charge in [0, 0.05) is 37.8 Å². The molecule has 0 aromatic heterocycles. The van der Waals surface area contributed by atoms with Crippen LogP contribution in [-0.4, -0.2) is 54.6 Å². The maximum atomic E-state index is 6.29. The number of likely N-dealkylation sites (N-methyl/N-ethyl adjacent to an activating group) is 1. The van der Waals surface area contributed by atoms with E-state index in [1.54, 1.807) is 0 Å². The summed E-state index contributed by atoms with van der Waals surface area (Å²) in [5.74, 6) is 1.55. The molecule has 2 aliphatic rings. The molecule has 4 atom stereocenters. The van der Waals surface area contributed by atoms with Gasteiger partial charge >= 0.3 is 0 Å². The van der Waals surface area contributed by atoms with Crippen LogP contribution in [0.4, 0.5) is 0 Å². The van der Waals surface area contributed by atoms with Crippen LogP contribution in [0.25, 0.3) is 0 Å². The molecule has 19 heavy (non-hydrogen) atoms. The van der Waals surface area contributed by atoms with E-state index in [9.17, 15) is 0 Å². The maximum Gasteiger partial charge on any atom is 0.0360 e. The molecule has 3 nitrogen and oxygen atoms in total. The Morgan fingerprint density at radius 1 is 1.26 bits per heavy atom. The van der Waals surface area contributed by atoms with E-state index in [4.69, 9.17) is 5.73 Å². The summed E-state index contributed by atoms with van der Waals surface area (Å²) in [6.07, 6.45) is 5.28. The van der Waals surface area contributed by atoms with Crippen molar-refractivity contribution in [3.8, 4) is 0 Å². The monoisotopic (exact) mass is 267 g/mol. The van der Waals surface area contributed by atoms with Crippen LogP contribution in [0.2, 0.25) is 0 Å². The molecule has 1 aliphatic carbocycles. The number of hydrogen-bond acceptors (Lipinski definition) is 3. The second-order valence-electron chi connectivity index (χ2n) is 6.95. The van der Waals surface area contributed by atoms with Gasteiger partial charge in [0.05, 0.1) is 0 Å². The van der Waals surface area contributed by atoms with Gasteiger partial charge in [0.1, 0.15) is 0 Å². The average Bonchev–Trinajstić information content (AvgIpc) is 2.43. The van der Waals surface area contributed by atoms with Crippen LogP contribution in [0.3, 0.4) is 0 Å². The minimum absolute atomic E-state index is 0.270. The maximum absolute atomic E-state index is 6.29. The second kappa shape index (κ2) is 6.11. The number of nitrogens with two attached hydrogens (primary N) is 1. The van der Waals surface area contributed by atoms with Crippen molar-refractivity contribution < 1.29 is 0 Å². The molecule has 0 aromatic rings. The Kier molecular flexibility index (Phi) is 4.91. The summed E-state index contributed by atoms with van der Waals surface area (Å²) in [6, 6.07) is 0.710. The molecule has 0 spiro atoms. The first-order valence-corrected chi connectivity index (χ1v) is 8.20. The molecule has 2 N–H and O–H groups in total. The number of piperazine rings is 1. The number of rotatable bonds is 3. The molecule has 2 rings (SSSR count). The van der Waals surface area contributed by atoms with E-state index in [-0.39, 0.29) is 5.54 Å². The van der Waals surface area contributed by atoms with Crippen molar-refractivity contribution in [3.05, 3.63) is 0 Å². The minimum atomic E-state index is 0.270. The molecule has 1 saturated heterocycles. The molecule has 0 amide bonds. The average molecular weight is 267 g/mol. The molecule has 1 saturated carbocycles. The van der Waals surface area contributed by atoms with E-state index in [1.165, 1.54) is 45.3 Å². The molecule has 3 heteroatoms. The van der Waals surface area contributed by atoms with E-state index in [1.807, 2.05) is 0 Å². The molecule has 1 heterocycles. The lowest BCUT2D eigenvalue weighted by Gasteiger charge is -2.55. The number of nitrogens with zero attached hydrogens (tertiary/aromatic N) is 2. The fraction of sp³-hybridized carbons (Fsp3) is 1.00. The topological polar surface area (TPSA) is 32.5 Å². The van der Waals surface area contributed by atoms with Gasteiger partial charge in [-0.3, -0.25) is 4.90 Å². The SMILES string of the molecule is CCC1CN(C2(CN)CCCC(C)C2C)CCN1C. The highest BCUT2D eigenvalue weighted by molar-refractivity contribution is 5.02. The Morgan fingerprint density at radius 3 is 2.63 bits per heavy atom. The van der Waals surface area contributed by atoms with Crippen molar-refractivity contribution in [1.82, 2.24) is 9.80 Å². The van der Waals surface area contributed by atoms with Crippen molar-refractivity contribution >= 4 is 0 Å². The van der Waals surface area contributed by atoms with Crippen molar-refractivity contribution in [1.29, 1.82) is 0 Å². The van der Waals surface area contributed by atoms with E-state index in [0.717, 1.165) is 18.4 Å². The summed E-state index contributed by atoms with van der Waals surface area (Å²) in [4.78, 5) is 5.28. The summed E-state index contributed by atoms with van der Waals surface area (Å²) in [6.45, 7) is 11.6. The number of hydrogen-bond donors (Lipinski definition) is 1. The molecular weight excluding hydrogens is 234 g/mol. The quantitative estimate of drug-likeness (QED) is 0.850. The van der Waals surface area contributed by atoms with Crippen LogP contribution in [0.5, 0.6) is 0 Å². The van der Waals surface area contributed by atoms with Gasteiger partial charge in [-0.25, -0.2) is 0 Å². The Labute approximate surface area is 119 Å². The largest absolute Gasteiger partial charge is 0.329 e. The van der Waals surface area contributed by atoms with E-state index >= 15 is 0 Å². The zero-order chi connectivity index (χ0) is 14.0. The van der Waals surface area contributed by atoms with Crippen molar-refractivity contribution in [2.24, 2.45) is 17.6 Å². The zero-order valence-corrected chi connectivity index (χ0v) is 13.4. The van der Waals surface area contributed by atoms with Gasteiger partial charge in [-0.05, 0) is 31.7 Å². The first kappa shape index (κ1) is 15.3. The van der Waals surface area contributed by atoms with Gasteiger partial charge in [0.2, 0.25) is 0 Å². The summed E-state index contributed by atoms with van der Waals surface area (Å²) in [7, 11) is 2.27. The molecule has 0 aromatic carbocycles. The Bertz CT molecular complexity index is 294. The van der Waals surface area contributed by atoms with E-state index < -0.39 is 0 Å². The van der Waals surface area contributed by atoms with E-state index in [0.29, 0.717) is 6.04 Å². The highest BCUT2D eigenvalue weighted by Gasteiger charge is 2.46. The lowest BCUT2D eigenvalue weighted by Crippen LogP contribution is -2.66. The van der Waals surface area contributed by atoms with E-state index in [2.05, 4.69) is 37.6 Å². The van der Waals surface area contributed by atoms with Crippen LogP contribution in [-0.2, 0) is 0 Å². The second-order valence-corrected chi connectivity index (χ2v) is 6.95. The smallest absolute Gasteiger partial charge is 0.0360 e. The van der Waals surface area contributed by atoms with Crippen LogP contribution in [0.15, 0.2) is 0 Å². The minimum Gasteiger partial charge on any atom is -0.329 e. The standard InChI is InChI=1S/C16H33N3/c1-5-15-11-19(10-9-18(15)4)16(12-17)8-6-7-13(2)14(16)3/h13-15H,5-12,17H2,1-4H3. The molecule has 112 valence electrons. The highest BCUT2D eigenvalue weighted by Crippen LogP contribution is 2.41. The zero-order valence-electron chi connectivity index (χ0n) is 13.4. The van der Waals surface area contributed by atoms with Crippen LogP contribution < -0.4 is 5.73 Å².